The van der Waals surface area contributed by atoms with Gasteiger partial charge in [-0.1, -0.05) is 0 Å². The summed E-state index contributed by atoms with van der Waals surface area (Å²) in [4.78, 5) is 0. The van der Waals surface area contributed by atoms with Gasteiger partial charge in [0.05, 0.1) is 10.2 Å². The molecule has 0 aromatic heterocycles. The third-order valence-electron chi connectivity index (χ3n) is 0. The van der Waals surface area contributed by atoms with Crippen molar-refractivity contribution in [3.8, 4) is 0 Å². The molecule has 0 saturated heterocycles. The van der Waals surface area contributed by atoms with E-state index >= 15 is 0 Å². The van der Waals surface area contributed by atoms with Crippen molar-refractivity contribution in [1.29, 1.82) is 0 Å². The first-order valence-corrected chi connectivity index (χ1v) is 2.78. The normalized spacial score (nSPS) is 3.00. The first-order valence-electron chi connectivity index (χ1n) is 0.309. The van der Waals surface area contributed by atoms with Gasteiger partial charge in [0.15, 0.2) is 0 Å². The Hall–Kier alpha value is 2.50. The Bertz CT molecular complexity index is 13.5. The van der Waals surface area contributed by atoms with Crippen LogP contribution < -0.4 is 0 Å². The van der Waals surface area contributed by atoms with E-state index in [0.717, 1.165) is 0 Å². The topological polar surface area (TPSA) is 0 Å². The maximum Gasteiger partial charge on any atom is 0.0523 e. The molecular weight excluding hydrogens is 213 g/mol. The summed E-state index contributed by atoms with van der Waals surface area (Å²) in [5, 5.41) is 0. The fourth-order valence-electron chi connectivity index (χ4n) is 0. The van der Waals surface area contributed by atoms with E-state index in [1.165, 1.54) is 0 Å². The molecule has 0 fully saturated rings. The minimum Gasteiger partial charge on any atom is -0.0261 e. The Balaban J connectivity index is -0.00000000667. The molecule has 0 aliphatic heterocycles. The van der Waals surface area contributed by atoms with Gasteiger partial charge in [0.1, 0.15) is 0 Å². The van der Waals surface area contributed by atoms with Crippen molar-refractivity contribution >= 4 is 77.9 Å². The van der Waals surface area contributed by atoms with Gasteiger partial charge in [-0.3, -0.25) is 0 Å². The number of halogens is 2. The van der Waals surface area contributed by atoms with Crippen molar-refractivity contribution in [2.75, 3.05) is 0 Å². The van der Waals surface area contributed by atoms with Gasteiger partial charge >= 0.3 is 0 Å². The van der Waals surface area contributed by atoms with E-state index in [1.54, 1.807) is 0 Å². The van der Waals surface area contributed by atoms with Gasteiger partial charge in [0.25, 0.3) is 0 Å². The van der Waals surface area contributed by atoms with Crippen LogP contribution in [-0.2, 0) is 0 Å². The molecule has 0 unspecified atom stereocenters. The first kappa shape index (κ1) is 23.6. The number of rotatable bonds is 0. The van der Waals surface area contributed by atoms with Crippen molar-refractivity contribution in [2.45, 2.75) is 0 Å². The van der Waals surface area contributed by atoms with Crippen LogP contribution in [0.5, 0.6) is 0 Å². The fourth-order valence-corrected chi connectivity index (χ4v) is 0. The van der Waals surface area contributed by atoms with Gasteiger partial charge in [0, 0.05) is 46.4 Å². The van der Waals surface area contributed by atoms with Crippen molar-refractivity contribution in [3.63, 3.8) is 0 Å². The zero-order chi connectivity index (χ0) is 2.71. The summed E-state index contributed by atoms with van der Waals surface area (Å²) in [6.07, 6.45) is 0. The van der Waals surface area contributed by atoms with Crippen molar-refractivity contribution in [3.05, 3.63) is 0 Å². The fraction of sp³-hybridized carbons (Fsp3) is 0. The second kappa shape index (κ2) is 25.9. The van der Waals surface area contributed by atoms with E-state index < -0.39 is 0 Å². The molecule has 0 atom stereocenters. The molecule has 8 radical (unpaired) electrons. The summed E-state index contributed by atoms with van der Waals surface area (Å²) >= 11 is 0. The van der Waals surface area contributed by atoms with E-state index in [0.29, 0.717) is 10.2 Å². The molecule has 0 bridgehead atoms. The summed E-state index contributed by atoms with van der Waals surface area (Å²) in [5.41, 5.74) is 0. The molecule has 0 amide bonds. The van der Waals surface area contributed by atoms with Crippen LogP contribution in [0.15, 0.2) is 0 Å². The molecule has 0 aliphatic rings. The third kappa shape index (κ3) is 31.5. The minimum atomic E-state index is 0. The zero-order valence-electron chi connectivity index (χ0n) is 3.11. The largest absolute Gasteiger partial charge is 0.0523 e. The molecule has 0 saturated carbocycles. The Morgan fingerprint density at radius 1 is 1.17 bits per heavy atom. The Kier molecular flexibility index (Phi) is 102. The van der Waals surface area contributed by atoms with E-state index in [1.807, 2.05) is 0 Å². The summed E-state index contributed by atoms with van der Waals surface area (Å²) in [6.45, 7) is 0. The summed E-state index contributed by atoms with van der Waals surface area (Å²) in [5.74, 6) is 0. The predicted molar refractivity (Wildman–Crippen MR) is 37.7 cm³/mol. The van der Waals surface area contributed by atoms with Gasteiger partial charge < -0.3 is 0 Å². The summed E-state index contributed by atoms with van der Waals surface area (Å²) in [6, 6.07) is 0. The molecule has 0 aliphatic carbocycles. The minimum absolute atomic E-state index is 0. The SMILES string of the molecule is ClSCl.[Ge].[Li].[P]. The predicted octanol–water partition coefficient (Wildman–Crippen LogP) is 2.13. The standard InChI is InChI=1S/Cl2S.Ge.Li.P/c1-3-2;;;. The third-order valence-corrected chi connectivity index (χ3v) is 0. The van der Waals surface area contributed by atoms with Crippen molar-refractivity contribution in [2.24, 2.45) is 0 Å². The van der Waals surface area contributed by atoms with Crippen LogP contribution >= 0.6 is 41.5 Å². The second-order valence-electron chi connectivity index (χ2n) is 0.0583. The molecule has 0 aromatic carbocycles. The van der Waals surface area contributed by atoms with Gasteiger partial charge in [-0.25, -0.2) is 0 Å². The number of hydrogen-bond donors (Lipinski definition) is 0. The average molecular weight is 213 g/mol. The van der Waals surface area contributed by atoms with E-state index in [-0.39, 0.29) is 46.4 Å². The Labute approximate surface area is 77.3 Å². The molecule has 30 valence electrons. The van der Waals surface area contributed by atoms with Crippen LogP contribution in [0, 0.1) is 0 Å². The smallest absolute Gasteiger partial charge is 0.0261 e. The molecule has 6 heteroatoms. The van der Waals surface area contributed by atoms with E-state index in [9.17, 15) is 0 Å². The van der Waals surface area contributed by atoms with E-state index in [4.69, 9.17) is 0 Å². The van der Waals surface area contributed by atoms with Crippen LogP contribution in [0.4, 0.5) is 0 Å². The van der Waals surface area contributed by atoms with E-state index in [2.05, 4.69) is 21.4 Å². The Morgan fingerprint density at radius 3 is 1.17 bits per heavy atom. The van der Waals surface area contributed by atoms with Gasteiger partial charge in [-0.05, 0) is 21.4 Å². The molecular formula is Cl2GeLiPS. The Morgan fingerprint density at radius 2 is 1.17 bits per heavy atom. The van der Waals surface area contributed by atoms with Crippen LogP contribution in [-0.4, -0.2) is 36.5 Å². The number of hydrogen-bond acceptors (Lipinski definition) is 1. The average Bonchev–Trinajstić information content (AvgIpc) is 0.918. The molecule has 0 spiro atoms. The van der Waals surface area contributed by atoms with Crippen LogP contribution in [0.1, 0.15) is 0 Å². The quantitative estimate of drug-likeness (QED) is 0.439. The van der Waals surface area contributed by atoms with Crippen molar-refractivity contribution in [1.82, 2.24) is 0 Å². The van der Waals surface area contributed by atoms with Crippen LogP contribution in [0.25, 0.3) is 0 Å². The van der Waals surface area contributed by atoms with Gasteiger partial charge in [0.2, 0.25) is 0 Å². The zero-order valence-corrected chi connectivity index (χ0v) is 8.43. The maximum absolute atomic E-state index is 4.68. The first-order chi connectivity index (χ1) is 1.41. The van der Waals surface area contributed by atoms with Crippen LogP contribution in [0.3, 0.4) is 0 Å². The molecule has 0 N–H and O–H groups in total. The molecule has 0 aromatic rings. The van der Waals surface area contributed by atoms with Crippen LogP contribution in [0.2, 0.25) is 0 Å². The van der Waals surface area contributed by atoms with Gasteiger partial charge in [-0.15, -0.1) is 0 Å². The summed E-state index contributed by atoms with van der Waals surface area (Å²) < 4.78 is 0. The van der Waals surface area contributed by atoms with Crippen molar-refractivity contribution < 1.29 is 0 Å². The summed E-state index contributed by atoms with van der Waals surface area (Å²) in [7, 11) is 10.1. The monoisotopic (exact) mass is 214 g/mol. The van der Waals surface area contributed by atoms with Gasteiger partial charge in [-0.2, -0.15) is 0 Å². The second-order valence-corrected chi connectivity index (χ2v) is 1.57. The maximum atomic E-state index is 4.68. The molecule has 6 heavy (non-hydrogen) atoms. The molecule has 0 nitrogen and oxygen atoms in total. The molecule has 0 rings (SSSR count). The molecule has 0 heterocycles.